The van der Waals surface area contributed by atoms with Crippen LogP contribution in [-0.4, -0.2) is 27.0 Å². The van der Waals surface area contributed by atoms with Crippen molar-refractivity contribution in [1.29, 1.82) is 0 Å². The Labute approximate surface area is 212 Å². The second kappa shape index (κ2) is 10.4. The van der Waals surface area contributed by atoms with Crippen LogP contribution in [0.15, 0.2) is 54.9 Å². The Morgan fingerprint density at radius 2 is 1.69 bits per heavy atom. The molecular formula is C22H21KN4O2. The van der Waals surface area contributed by atoms with Gasteiger partial charge in [-0.3, -0.25) is 4.98 Å². The molecule has 29 heavy (non-hydrogen) atoms. The summed E-state index contributed by atoms with van der Waals surface area (Å²) in [6.45, 7) is 0. The van der Waals surface area contributed by atoms with Gasteiger partial charge in [0.25, 0.3) is 0 Å². The number of carbonyl (C=O) groups excluding carboxylic acids is 1. The first-order chi connectivity index (χ1) is 13.7. The Balaban J connectivity index is 0.00000240. The number of hydrogen-bond donors (Lipinski definition) is 1. The molecule has 1 saturated carbocycles. The number of aromatic carboxylic acids is 1. The molecular weight excluding hydrogens is 391 g/mol. The van der Waals surface area contributed by atoms with E-state index in [4.69, 9.17) is 0 Å². The van der Waals surface area contributed by atoms with Gasteiger partial charge in [-0.15, -0.1) is 0 Å². The van der Waals surface area contributed by atoms with E-state index in [9.17, 15) is 9.90 Å². The number of pyridine rings is 1. The maximum Gasteiger partial charge on any atom is 1.00 e. The van der Waals surface area contributed by atoms with E-state index in [1.165, 1.54) is 6.42 Å². The first kappa shape index (κ1) is 22.1. The van der Waals surface area contributed by atoms with Gasteiger partial charge in [0.15, 0.2) is 5.82 Å². The van der Waals surface area contributed by atoms with Crippen molar-refractivity contribution in [3.63, 3.8) is 0 Å². The van der Waals surface area contributed by atoms with Crippen LogP contribution in [0.1, 0.15) is 42.5 Å². The minimum Gasteiger partial charge on any atom is -0.545 e. The second-order valence-corrected chi connectivity index (χ2v) is 6.99. The first-order valence-electron chi connectivity index (χ1n) is 9.58. The molecule has 142 valence electrons. The van der Waals surface area contributed by atoms with Gasteiger partial charge in [0.1, 0.15) is 5.82 Å². The summed E-state index contributed by atoms with van der Waals surface area (Å²) in [6, 6.07) is 13.1. The first-order valence-corrected chi connectivity index (χ1v) is 9.58. The number of benzene rings is 1. The van der Waals surface area contributed by atoms with Gasteiger partial charge < -0.3 is 15.2 Å². The summed E-state index contributed by atoms with van der Waals surface area (Å²) in [4.78, 5) is 25.3. The summed E-state index contributed by atoms with van der Waals surface area (Å²) in [7, 11) is 0. The maximum absolute atomic E-state index is 12.1. The molecule has 1 aliphatic rings. The predicted molar refractivity (Wildman–Crippen MR) is 106 cm³/mol. The topological polar surface area (TPSA) is 90.8 Å². The summed E-state index contributed by atoms with van der Waals surface area (Å²) < 4.78 is 0. The molecule has 0 aliphatic heterocycles. The van der Waals surface area contributed by atoms with E-state index >= 15 is 0 Å². The molecule has 1 aromatic carbocycles. The van der Waals surface area contributed by atoms with E-state index < -0.39 is 5.97 Å². The van der Waals surface area contributed by atoms with Crippen molar-refractivity contribution in [3.8, 4) is 22.6 Å². The van der Waals surface area contributed by atoms with E-state index in [1.807, 2.05) is 42.5 Å². The number of nitrogens with one attached hydrogen (secondary N) is 1. The average Bonchev–Trinajstić information content (AvgIpc) is 2.75. The van der Waals surface area contributed by atoms with Gasteiger partial charge in [0.2, 0.25) is 0 Å². The maximum atomic E-state index is 12.1. The zero-order valence-electron chi connectivity index (χ0n) is 16.5. The molecule has 0 saturated heterocycles. The summed E-state index contributed by atoms with van der Waals surface area (Å²) in [5.74, 6) is -0.523. The van der Waals surface area contributed by atoms with Gasteiger partial charge in [0.05, 0.1) is 17.2 Å². The Kier molecular flexibility index (Phi) is 7.91. The van der Waals surface area contributed by atoms with Crippen LogP contribution >= 0.6 is 0 Å². The Hall–Kier alpha value is -1.64. The van der Waals surface area contributed by atoms with Crippen LogP contribution in [0.3, 0.4) is 0 Å². The normalized spacial score (nSPS) is 14.1. The van der Waals surface area contributed by atoms with Crippen molar-refractivity contribution in [3.05, 3.63) is 60.4 Å². The Morgan fingerprint density at radius 1 is 0.966 bits per heavy atom. The molecule has 1 fully saturated rings. The minimum absolute atomic E-state index is 0. The van der Waals surface area contributed by atoms with Crippen LogP contribution in [0.4, 0.5) is 5.82 Å². The summed E-state index contributed by atoms with van der Waals surface area (Å²) in [5.41, 5.74) is 1.80. The smallest absolute Gasteiger partial charge is 0.545 e. The zero-order chi connectivity index (χ0) is 19.3. The van der Waals surface area contributed by atoms with Crippen molar-refractivity contribution in [2.45, 2.75) is 38.1 Å². The van der Waals surface area contributed by atoms with E-state index in [0.717, 1.165) is 31.2 Å². The number of rotatable bonds is 5. The van der Waals surface area contributed by atoms with Crippen LogP contribution in [0, 0.1) is 0 Å². The monoisotopic (exact) mass is 412 g/mol. The molecule has 0 amide bonds. The Bertz CT molecular complexity index is 961. The molecule has 0 radical (unpaired) electrons. The van der Waals surface area contributed by atoms with E-state index in [0.29, 0.717) is 22.9 Å². The van der Waals surface area contributed by atoms with E-state index in [2.05, 4.69) is 20.3 Å². The molecule has 2 heterocycles. The van der Waals surface area contributed by atoms with Gasteiger partial charge in [-0.05, 0) is 25.0 Å². The van der Waals surface area contributed by atoms with Crippen molar-refractivity contribution in [2.75, 3.05) is 5.32 Å². The number of anilines is 1. The second-order valence-electron chi connectivity index (χ2n) is 6.99. The number of carboxylic acids is 1. The number of hydrogen-bond acceptors (Lipinski definition) is 6. The quantitative estimate of drug-likeness (QED) is 0.607. The Morgan fingerprint density at radius 3 is 2.34 bits per heavy atom. The molecule has 6 nitrogen and oxygen atoms in total. The molecule has 1 N–H and O–H groups in total. The predicted octanol–water partition coefficient (Wildman–Crippen LogP) is 0.318. The van der Waals surface area contributed by atoms with Crippen LogP contribution in [-0.2, 0) is 0 Å². The third-order valence-electron chi connectivity index (χ3n) is 5.03. The SMILES string of the molecule is O=C([O-])c1c(NC2CCCCC2)nc(-c2cccnc2)nc1-c1ccccc1.[K+]. The molecule has 3 aromatic rings. The molecule has 0 spiro atoms. The molecule has 0 atom stereocenters. The van der Waals surface area contributed by atoms with Gasteiger partial charge >= 0.3 is 51.4 Å². The number of nitrogens with zero attached hydrogens (tertiary/aromatic N) is 3. The van der Waals surface area contributed by atoms with E-state index in [-0.39, 0.29) is 63.0 Å². The molecule has 1 aliphatic carbocycles. The van der Waals surface area contributed by atoms with E-state index in [1.54, 1.807) is 12.4 Å². The number of carbonyl (C=O) groups is 1. The van der Waals surface area contributed by atoms with Crippen molar-refractivity contribution >= 4 is 11.8 Å². The van der Waals surface area contributed by atoms with Crippen LogP contribution in [0.25, 0.3) is 22.6 Å². The molecule has 7 heteroatoms. The third kappa shape index (κ3) is 5.29. The van der Waals surface area contributed by atoms with Gasteiger partial charge in [-0.25, -0.2) is 9.97 Å². The third-order valence-corrected chi connectivity index (χ3v) is 5.03. The molecule has 0 bridgehead atoms. The van der Waals surface area contributed by atoms with Gasteiger partial charge in [0, 0.05) is 29.6 Å². The largest absolute Gasteiger partial charge is 1.00 e. The fourth-order valence-electron chi connectivity index (χ4n) is 3.63. The van der Waals surface area contributed by atoms with Crippen molar-refractivity contribution < 1.29 is 61.3 Å². The fourth-order valence-corrected chi connectivity index (χ4v) is 3.63. The minimum atomic E-state index is -1.28. The number of aromatic nitrogens is 3. The molecule has 4 rings (SSSR count). The average molecular weight is 413 g/mol. The van der Waals surface area contributed by atoms with Gasteiger partial charge in [-0.1, -0.05) is 49.6 Å². The fraction of sp³-hybridized carbons (Fsp3) is 0.273. The summed E-state index contributed by atoms with van der Waals surface area (Å²) in [5, 5.41) is 15.4. The van der Waals surface area contributed by atoms with Crippen LogP contribution < -0.4 is 61.8 Å². The zero-order valence-corrected chi connectivity index (χ0v) is 19.6. The molecule has 0 unspecified atom stereocenters. The van der Waals surface area contributed by atoms with Crippen molar-refractivity contribution in [2.24, 2.45) is 0 Å². The summed E-state index contributed by atoms with van der Waals surface area (Å²) >= 11 is 0. The molecule has 2 aromatic heterocycles. The van der Waals surface area contributed by atoms with Gasteiger partial charge in [-0.2, -0.15) is 0 Å². The van der Waals surface area contributed by atoms with Crippen LogP contribution in [0.5, 0.6) is 0 Å². The standard InChI is InChI=1S/C22H22N4O2.K/c27-22(28)18-19(15-8-3-1-4-9-15)25-20(16-10-7-13-23-14-16)26-21(18)24-17-11-5-2-6-12-17;/h1,3-4,7-10,13-14,17H,2,5-6,11-12H2,(H,27,28)(H,24,25,26);/q;+1/p-1. The van der Waals surface area contributed by atoms with Crippen molar-refractivity contribution in [1.82, 2.24) is 15.0 Å². The summed E-state index contributed by atoms with van der Waals surface area (Å²) in [6.07, 6.45) is 8.82. The number of carboxylic acid groups (broad SMARTS) is 1. The van der Waals surface area contributed by atoms with Crippen LogP contribution in [0.2, 0.25) is 0 Å².